The van der Waals surface area contributed by atoms with Gasteiger partial charge in [-0.15, -0.1) is 11.3 Å². The average Bonchev–Trinajstić information content (AvgIpc) is 3.28. The Balaban J connectivity index is 1.92. The molecular formula is C21H24N2O3S2. The van der Waals surface area contributed by atoms with Gasteiger partial charge in [0.1, 0.15) is 10.6 Å². The summed E-state index contributed by atoms with van der Waals surface area (Å²) in [6.07, 6.45) is 2.38. The number of hydrogen-bond acceptors (Lipinski definition) is 6. The minimum Gasteiger partial charge on any atom is -0.495 e. The summed E-state index contributed by atoms with van der Waals surface area (Å²) in [5.41, 5.74) is 2.77. The number of rotatable bonds is 5. The molecule has 1 aromatic carbocycles. The number of aryl methyl sites for hydroxylation is 3. The zero-order valence-electron chi connectivity index (χ0n) is 16.6. The van der Waals surface area contributed by atoms with Crippen LogP contribution < -0.4 is 10.3 Å². The molecule has 0 bridgehead atoms. The largest absolute Gasteiger partial charge is 0.495 e. The Hall–Kier alpha value is -1.83. The number of nitrogens with zero attached hydrogens (tertiary/aromatic N) is 2. The Morgan fingerprint density at radius 3 is 2.89 bits per heavy atom. The SMILES string of the molecule is COc1ccc(C)cc1-n1c(SC[C@@H]2CCCO2)nc2sc(C)c(C)c2c1=O. The number of benzene rings is 1. The van der Waals surface area contributed by atoms with Crippen LogP contribution in [0.5, 0.6) is 5.75 Å². The predicted molar refractivity (Wildman–Crippen MR) is 116 cm³/mol. The highest BCUT2D eigenvalue weighted by atomic mass is 32.2. The lowest BCUT2D eigenvalue weighted by molar-refractivity contribution is 0.129. The summed E-state index contributed by atoms with van der Waals surface area (Å²) >= 11 is 3.17. The fourth-order valence-electron chi connectivity index (χ4n) is 3.50. The maximum Gasteiger partial charge on any atom is 0.267 e. The number of aromatic nitrogens is 2. The molecule has 7 heteroatoms. The average molecular weight is 417 g/mol. The molecule has 5 nitrogen and oxygen atoms in total. The molecular weight excluding hydrogens is 392 g/mol. The third kappa shape index (κ3) is 3.47. The lowest BCUT2D eigenvalue weighted by atomic mass is 10.2. The molecule has 0 unspecified atom stereocenters. The fourth-order valence-corrected chi connectivity index (χ4v) is 5.64. The lowest BCUT2D eigenvalue weighted by Crippen LogP contribution is -2.23. The second kappa shape index (κ2) is 7.89. The quantitative estimate of drug-likeness (QED) is 0.448. The van der Waals surface area contributed by atoms with Gasteiger partial charge in [0.25, 0.3) is 5.56 Å². The highest BCUT2D eigenvalue weighted by Crippen LogP contribution is 2.33. The maximum absolute atomic E-state index is 13.6. The molecule has 4 rings (SSSR count). The van der Waals surface area contributed by atoms with Crippen LogP contribution >= 0.6 is 23.1 Å². The molecule has 28 heavy (non-hydrogen) atoms. The molecule has 0 amide bonds. The second-order valence-electron chi connectivity index (χ2n) is 7.12. The Kier molecular flexibility index (Phi) is 5.49. The summed E-state index contributed by atoms with van der Waals surface area (Å²) in [7, 11) is 1.63. The molecule has 3 aromatic rings. The van der Waals surface area contributed by atoms with Crippen molar-refractivity contribution in [2.24, 2.45) is 0 Å². The van der Waals surface area contributed by atoms with Gasteiger partial charge in [0.05, 0.1) is 24.3 Å². The van der Waals surface area contributed by atoms with Crippen molar-refractivity contribution < 1.29 is 9.47 Å². The third-order valence-electron chi connectivity index (χ3n) is 5.17. The van der Waals surface area contributed by atoms with Gasteiger partial charge in [0, 0.05) is 17.2 Å². The van der Waals surface area contributed by atoms with Crippen LogP contribution in [0.1, 0.15) is 28.8 Å². The first-order valence-electron chi connectivity index (χ1n) is 9.41. The molecule has 0 spiro atoms. The Morgan fingerprint density at radius 2 is 2.18 bits per heavy atom. The summed E-state index contributed by atoms with van der Waals surface area (Å²) in [5, 5.41) is 1.39. The van der Waals surface area contributed by atoms with E-state index in [1.54, 1.807) is 34.8 Å². The summed E-state index contributed by atoms with van der Waals surface area (Å²) in [6.45, 7) is 6.87. The topological polar surface area (TPSA) is 53.4 Å². The molecule has 1 fully saturated rings. The summed E-state index contributed by atoms with van der Waals surface area (Å²) < 4.78 is 13.1. The molecule has 0 radical (unpaired) electrons. The van der Waals surface area contributed by atoms with Gasteiger partial charge in [0.2, 0.25) is 0 Å². The van der Waals surface area contributed by atoms with Crippen molar-refractivity contribution in [3.8, 4) is 11.4 Å². The van der Waals surface area contributed by atoms with Gasteiger partial charge < -0.3 is 9.47 Å². The van der Waals surface area contributed by atoms with E-state index < -0.39 is 0 Å². The minimum absolute atomic E-state index is 0.0365. The van der Waals surface area contributed by atoms with E-state index in [1.807, 2.05) is 39.0 Å². The zero-order chi connectivity index (χ0) is 19.8. The van der Waals surface area contributed by atoms with Gasteiger partial charge in [-0.05, 0) is 56.9 Å². The first kappa shape index (κ1) is 19.5. The van der Waals surface area contributed by atoms with Crippen LogP contribution in [0.2, 0.25) is 0 Å². The van der Waals surface area contributed by atoms with Crippen molar-refractivity contribution >= 4 is 33.3 Å². The van der Waals surface area contributed by atoms with Gasteiger partial charge in [-0.25, -0.2) is 4.98 Å². The van der Waals surface area contributed by atoms with E-state index >= 15 is 0 Å². The fraction of sp³-hybridized carbons (Fsp3) is 0.429. The number of hydrogen-bond donors (Lipinski definition) is 0. The second-order valence-corrected chi connectivity index (χ2v) is 9.31. The molecule has 148 valence electrons. The van der Waals surface area contributed by atoms with E-state index in [0.717, 1.165) is 51.7 Å². The van der Waals surface area contributed by atoms with Gasteiger partial charge in [-0.3, -0.25) is 9.36 Å². The summed E-state index contributed by atoms with van der Waals surface area (Å²) in [5.74, 6) is 1.45. The van der Waals surface area contributed by atoms with Crippen LogP contribution in [0.25, 0.3) is 15.9 Å². The number of thiophene rings is 1. The first-order valence-corrected chi connectivity index (χ1v) is 11.2. The monoisotopic (exact) mass is 416 g/mol. The van der Waals surface area contributed by atoms with E-state index in [9.17, 15) is 4.79 Å². The van der Waals surface area contributed by atoms with E-state index in [1.165, 1.54) is 0 Å². The Bertz CT molecular complexity index is 1080. The van der Waals surface area contributed by atoms with Crippen molar-refractivity contribution in [2.75, 3.05) is 19.5 Å². The van der Waals surface area contributed by atoms with E-state index in [0.29, 0.717) is 16.3 Å². The van der Waals surface area contributed by atoms with Gasteiger partial charge >= 0.3 is 0 Å². The first-order chi connectivity index (χ1) is 13.5. The molecule has 0 aliphatic carbocycles. The summed E-state index contributed by atoms with van der Waals surface area (Å²) in [6, 6.07) is 5.87. The predicted octanol–water partition coefficient (Wildman–Crippen LogP) is 4.65. The van der Waals surface area contributed by atoms with Crippen LogP contribution in [0.3, 0.4) is 0 Å². The van der Waals surface area contributed by atoms with Gasteiger partial charge in [-0.1, -0.05) is 17.8 Å². The van der Waals surface area contributed by atoms with Crippen LogP contribution in [0, 0.1) is 20.8 Å². The zero-order valence-corrected chi connectivity index (χ0v) is 18.2. The highest BCUT2D eigenvalue weighted by molar-refractivity contribution is 7.99. The molecule has 1 atom stereocenters. The molecule has 1 saturated heterocycles. The van der Waals surface area contributed by atoms with Crippen LogP contribution in [0.4, 0.5) is 0 Å². The molecule has 2 aromatic heterocycles. The van der Waals surface area contributed by atoms with Gasteiger partial charge in [0.15, 0.2) is 5.16 Å². The van der Waals surface area contributed by atoms with Gasteiger partial charge in [-0.2, -0.15) is 0 Å². The number of ether oxygens (including phenoxy) is 2. The standard InChI is InChI=1S/C21H24N2O3S2/c1-12-7-8-17(25-4)16(10-12)23-20(24)18-13(2)14(3)28-19(18)22-21(23)27-11-15-6-5-9-26-15/h7-8,10,15H,5-6,9,11H2,1-4H3/t15-/m0/s1. The molecule has 1 aliphatic rings. The van der Waals surface area contributed by atoms with Crippen LogP contribution in [-0.2, 0) is 4.74 Å². The minimum atomic E-state index is -0.0365. The maximum atomic E-state index is 13.6. The van der Waals surface area contributed by atoms with Crippen molar-refractivity contribution in [1.29, 1.82) is 0 Å². The van der Waals surface area contributed by atoms with E-state index in [4.69, 9.17) is 14.5 Å². The highest BCUT2D eigenvalue weighted by Gasteiger charge is 2.22. The molecule has 3 heterocycles. The lowest BCUT2D eigenvalue weighted by Gasteiger charge is -2.17. The third-order valence-corrected chi connectivity index (χ3v) is 7.34. The Morgan fingerprint density at radius 1 is 1.36 bits per heavy atom. The molecule has 1 aliphatic heterocycles. The number of thioether (sulfide) groups is 1. The van der Waals surface area contributed by atoms with Crippen molar-refractivity contribution in [2.45, 2.75) is 44.9 Å². The van der Waals surface area contributed by atoms with Crippen LogP contribution in [0.15, 0.2) is 28.2 Å². The van der Waals surface area contributed by atoms with Crippen molar-refractivity contribution in [1.82, 2.24) is 9.55 Å². The Labute approximate surface area is 172 Å². The summed E-state index contributed by atoms with van der Waals surface area (Å²) in [4.78, 5) is 20.4. The normalized spacial score (nSPS) is 16.8. The smallest absolute Gasteiger partial charge is 0.267 e. The number of methoxy groups -OCH3 is 1. The molecule has 0 N–H and O–H groups in total. The van der Waals surface area contributed by atoms with Crippen LogP contribution in [-0.4, -0.2) is 35.1 Å². The number of fused-ring (bicyclic) bond motifs is 1. The molecule has 0 saturated carbocycles. The van der Waals surface area contributed by atoms with E-state index in [2.05, 4.69) is 0 Å². The van der Waals surface area contributed by atoms with Crippen molar-refractivity contribution in [3.05, 3.63) is 44.6 Å². The van der Waals surface area contributed by atoms with Crippen molar-refractivity contribution in [3.63, 3.8) is 0 Å². The van der Waals surface area contributed by atoms with E-state index in [-0.39, 0.29) is 11.7 Å².